The molecule has 2 aromatic rings. The van der Waals surface area contributed by atoms with Gasteiger partial charge in [-0.3, -0.25) is 19.3 Å². The molecule has 0 spiro atoms. The molecule has 1 fully saturated rings. The molecule has 1 unspecified atom stereocenters. The molecule has 0 radical (unpaired) electrons. The Morgan fingerprint density at radius 1 is 1.14 bits per heavy atom. The Balaban J connectivity index is 1.98. The molecule has 196 valence electrons. The van der Waals surface area contributed by atoms with Gasteiger partial charge in [-0.2, -0.15) is 4.37 Å². The van der Waals surface area contributed by atoms with Gasteiger partial charge in [-0.1, -0.05) is 46.0 Å². The first-order chi connectivity index (χ1) is 17.4. The smallest absolute Gasteiger partial charge is 0.272 e. The lowest BCUT2D eigenvalue weighted by Gasteiger charge is -2.32. The van der Waals surface area contributed by atoms with Gasteiger partial charge in [-0.05, 0) is 61.5 Å². The quantitative estimate of drug-likeness (QED) is 0.340. The highest BCUT2D eigenvalue weighted by Crippen LogP contribution is 2.30. The summed E-state index contributed by atoms with van der Waals surface area (Å²) in [4.78, 5) is 40.7. The number of nitrogen functional groups attached to an aromatic ring is 1. The minimum Gasteiger partial charge on any atom is -0.494 e. The van der Waals surface area contributed by atoms with Crippen LogP contribution >= 0.6 is 11.5 Å². The molecule has 36 heavy (non-hydrogen) atoms. The number of rotatable bonds is 13. The average Bonchev–Trinajstić information content (AvgIpc) is 3.51. The molecule has 1 aliphatic rings. The molecule has 1 aromatic carbocycles. The predicted molar refractivity (Wildman–Crippen MR) is 142 cm³/mol. The van der Waals surface area contributed by atoms with Crippen LogP contribution in [0.4, 0.5) is 11.4 Å². The second kappa shape index (κ2) is 13.2. The minimum atomic E-state index is -0.801. The summed E-state index contributed by atoms with van der Waals surface area (Å²) in [6.07, 6.45) is 8.13. The van der Waals surface area contributed by atoms with Crippen LogP contribution in [0.1, 0.15) is 91.8 Å². The Morgan fingerprint density at radius 3 is 2.39 bits per heavy atom. The van der Waals surface area contributed by atoms with Crippen molar-refractivity contribution in [1.29, 1.82) is 0 Å². The van der Waals surface area contributed by atoms with Gasteiger partial charge in [-0.25, -0.2) is 0 Å². The van der Waals surface area contributed by atoms with Crippen molar-refractivity contribution in [3.05, 3.63) is 34.8 Å². The molecule has 3 amide bonds. The number of carbonyl (C=O) groups is 3. The number of nitrogens with two attached hydrogens (primary N) is 2. The van der Waals surface area contributed by atoms with Crippen LogP contribution in [0.15, 0.2) is 24.3 Å². The third-order valence-corrected chi connectivity index (χ3v) is 7.25. The Morgan fingerprint density at radius 2 is 1.81 bits per heavy atom. The monoisotopic (exact) mass is 515 g/mol. The van der Waals surface area contributed by atoms with Crippen molar-refractivity contribution in [2.45, 2.75) is 83.7 Å². The molecule has 1 aliphatic carbocycles. The molecule has 0 bridgehead atoms. The van der Waals surface area contributed by atoms with Crippen LogP contribution < -0.4 is 26.4 Å². The zero-order valence-electron chi connectivity index (χ0n) is 21.1. The Bertz CT molecular complexity index is 1030. The first kappa shape index (κ1) is 27.4. The Kier molecular flexibility index (Phi) is 10.1. The van der Waals surface area contributed by atoms with Crippen molar-refractivity contribution in [2.24, 2.45) is 5.73 Å². The second-order valence-electron chi connectivity index (χ2n) is 9.16. The van der Waals surface area contributed by atoms with Gasteiger partial charge in [-0.15, -0.1) is 0 Å². The van der Waals surface area contributed by atoms with E-state index in [1.165, 1.54) is 4.90 Å². The summed E-state index contributed by atoms with van der Waals surface area (Å²) in [7, 11) is 0. The third kappa shape index (κ3) is 6.75. The number of carbonyl (C=O) groups excluding carboxylic acids is 3. The summed E-state index contributed by atoms with van der Waals surface area (Å²) in [5.74, 6) is -0.789. The van der Waals surface area contributed by atoms with E-state index in [1.54, 1.807) is 24.3 Å². The Labute approximate surface area is 216 Å². The number of hydrogen-bond acceptors (Lipinski definition) is 7. The third-order valence-electron chi connectivity index (χ3n) is 6.40. The maximum absolute atomic E-state index is 13.9. The lowest BCUT2D eigenvalue weighted by Crippen LogP contribution is -2.51. The van der Waals surface area contributed by atoms with E-state index in [2.05, 4.69) is 16.6 Å². The van der Waals surface area contributed by atoms with Crippen LogP contribution in [0.2, 0.25) is 0 Å². The summed E-state index contributed by atoms with van der Waals surface area (Å²) in [5.41, 5.74) is 11.8. The number of aromatic nitrogens is 1. The molecule has 0 saturated heterocycles. The van der Waals surface area contributed by atoms with Gasteiger partial charge < -0.3 is 21.5 Å². The van der Waals surface area contributed by atoms with E-state index in [0.717, 1.165) is 62.9 Å². The van der Waals surface area contributed by atoms with E-state index >= 15 is 0 Å². The van der Waals surface area contributed by atoms with Crippen LogP contribution in [0.3, 0.4) is 0 Å². The second-order valence-corrected chi connectivity index (χ2v) is 9.93. The summed E-state index contributed by atoms with van der Waals surface area (Å²) in [6.45, 7) is 4.74. The number of nitrogens with one attached hydrogen (secondary N) is 1. The summed E-state index contributed by atoms with van der Waals surface area (Å²) >= 11 is 0.815. The molecule has 1 atom stereocenters. The van der Waals surface area contributed by atoms with Crippen molar-refractivity contribution in [3.8, 4) is 5.75 Å². The molecule has 0 aliphatic heterocycles. The van der Waals surface area contributed by atoms with E-state index in [9.17, 15) is 14.4 Å². The molecule has 10 heteroatoms. The highest BCUT2D eigenvalue weighted by Gasteiger charge is 2.35. The van der Waals surface area contributed by atoms with Gasteiger partial charge in [0.2, 0.25) is 5.91 Å². The zero-order chi connectivity index (χ0) is 26.1. The molecule has 1 aromatic heterocycles. The van der Waals surface area contributed by atoms with Crippen LogP contribution in [-0.4, -0.2) is 40.8 Å². The zero-order valence-corrected chi connectivity index (χ0v) is 21.9. The maximum Gasteiger partial charge on any atom is 0.272 e. The standard InChI is InChI=1S/C26H37N5O4S/c1-3-5-11-20(25(33)29-17-9-7-8-10-17)31(18-12-14-19(15-13-18)35-16-6-4-2)26(34)23-21(27)22(24(28)32)30-36-23/h12-15,17,20H,3-11,16,27H2,1-2H3,(H2,28,32)(H,29,33). The summed E-state index contributed by atoms with van der Waals surface area (Å²) in [6, 6.07) is 6.50. The largest absolute Gasteiger partial charge is 0.494 e. The number of benzene rings is 1. The Hall–Kier alpha value is -3.14. The molecule has 1 saturated carbocycles. The lowest BCUT2D eigenvalue weighted by atomic mass is 10.0. The number of primary amides is 1. The number of nitrogens with zero attached hydrogens (tertiary/aromatic N) is 2. The van der Waals surface area contributed by atoms with Gasteiger partial charge in [0, 0.05) is 11.7 Å². The highest BCUT2D eigenvalue weighted by molar-refractivity contribution is 7.09. The predicted octanol–water partition coefficient (Wildman–Crippen LogP) is 4.27. The van der Waals surface area contributed by atoms with E-state index in [-0.39, 0.29) is 28.2 Å². The van der Waals surface area contributed by atoms with Crippen molar-refractivity contribution in [3.63, 3.8) is 0 Å². The van der Waals surface area contributed by atoms with Crippen LogP contribution in [0.25, 0.3) is 0 Å². The normalized spacial score (nSPS) is 14.4. The number of ether oxygens (including phenoxy) is 1. The van der Waals surface area contributed by atoms with Gasteiger partial charge in [0.25, 0.3) is 11.8 Å². The van der Waals surface area contributed by atoms with Crippen LogP contribution in [0, 0.1) is 0 Å². The van der Waals surface area contributed by atoms with E-state index in [4.69, 9.17) is 16.2 Å². The molecule has 9 nitrogen and oxygen atoms in total. The van der Waals surface area contributed by atoms with Crippen molar-refractivity contribution in [1.82, 2.24) is 9.69 Å². The SMILES string of the molecule is CCCCOc1ccc(N(C(=O)c2snc(C(N)=O)c2N)C(CCCC)C(=O)NC2CCCC2)cc1. The molecule has 1 heterocycles. The fourth-order valence-electron chi connectivity index (χ4n) is 4.36. The van der Waals surface area contributed by atoms with E-state index < -0.39 is 17.9 Å². The van der Waals surface area contributed by atoms with E-state index in [0.29, 0.717) is 24.5 Å². The van der Waals surface area contributed by atoms with Crippen LogP contribution in [0.5, 0.6) is 5.75 Å². The number of amides is 3. The van der Waals surface area contributed by atoms with Gasteiger partial charge in [0.15, 0.2) is 5.69 Å². The molecule has 5 N–H and O–H groups in total. The topological polar surface area (TPSA) is 141 Å². The van der Waals surface area contributed by atoms with Gasteiger partial charge >= 0.3 is 0 Å². The molecular formula is C26H37N5O4S. The number of unbranched alkanes of at least 4 members (excludes halogenated alkanes) is 2. The van der Waals surface area contributed by atoms with Crippen molar-refractivity contribution >= 4 is 40.6 Å². The number of anilines is 2. The van der Waals surface area contributed by atoms with Crippen molar-refractivity contribution < 1.29 is 19.1 Å². The maximum atomic E-state index is 13.9. The average molecular weight is 516 g/mol. The lowest BCUT2D eigenvalue weighted by molar-refractivity contribution is -0.123. The van der Waals surface area contributed by atoms with E-state index in [1.807, 2.05) is 6.92 Å². The highest BCUT2D eigenvalue weighted by atomic mass is 32.1. The summed E-state index contributed by atoms with van der Waals surface area (Å²) < 4.78 is 9.77. The summed E-state index contributed by atoms with van der Waals surface area (Å²) in [5, 5.41) is 3.15. The number of hydrogen-bond donors (Lipinski definition) is 3. The minimum absolute atomic E-state index is 0.0625. The molecular weight excluding hydrogens is 478 g/mol. The van der Waals surface area contributed by atoms with Gasteiger partial charge in [0.1, 0.15) is 16.7 Å². The molecule has 3 rings (SSSR count). The first-order valence-corrected chi connectivity index (χ1v) is 13.6. The fraction of sp³-hybridized carbons (Fsp3) is 0.538. The fourth-order valence-corrected chi connectivity index (χ4v) is 5.10. The van der Waals surface area contributed by atoms with Crippen LogP contribution in [-0.2, 0) is 4.79 Å². The first-order valence-electron chi connectivity index (χ1n) is 12.8. The van der Waals surface area contributed by atoms with Gasteiger partial charge in [0.05, 0.1) is 12.3 Å². The van der Waals surface area contributed by atoms with Crippen molar-refractivity contribution in [2.75, 3.05) is 17.2 Å².